The average Bonchev–Trinajstić information content (AvgIpc) is 0.922. The van der Waals surface area contributed by atoms with Crippen LogP contribution in [-0.4, -0.2) is 215 Å². The summed E-state index contributed by atoms with van der Waals surface area (Å²) in [5.74, 6) is -6.10. The summed E-state index contributed by atoms with van der Waals surface area (Å²) in [5.41, 5.74) is 0. The number of carbonyl (C=O) groups is 3. The first-order chi connectivity index (χ1) is 41.4. The Kier molecular flexibility index (Phi) is 40.9. The molecule has 0 saturated carbocycles. The molecule has 0 aromatic heterocycles. The smallest absolute Gasteiger partial charge is 0.364 e. The summed E-state index contributed by atoms with van der Waals surface area (Å²) in [6.07, 6.45) is 9.89. The second-order valence-electron chi connectivity index (χ2n) is 24.7. The van der Waals surface area contributed by atoms with E-state index in [-0.39, 0.29) is 18.9 Å². The van der Waals surface area contributed by atoms with Crippen molar-refractivity contribution in [3.05, 3.63) is 0 Å². The zero-order chi connectivity index (χ0) is 63.3. The van der Waals surface area contributed by atoms with Crippen molar-refractivity contribution in [2.75, 3.05) is 26.4 Å². The monoisotopic (exact) mass is 1240 g/mol. The first-order valence-electron chi connectivity index (χ1n) is 33.4. The van der Waals surface area contributed by atoms with Gasteiger partial charge in [-0.1, -0.05) is 213 Å². The lowest BCUT2D eigenvalue weighted by molar-refractivity contribution is -0.386. The highest BCUT2D eigenvalue weighted by atomic mass is 16.8. The molecule has 23 heteroatoms. The number of ether oxygens (including phenoxy) is 6. The normalized spacial score (nSPS) is 29.3. The van der Waals surface area contributed by atoms with E-state index in [1.807, 2.05) is 0 Å². The molecule has 3 heterocycles. The fourth-order valence-corrected chi connectivity index (χ4v) is 11.9. The Labute approximate surface area is 512 Å². The van der Waals surface area contributed by atoms with Crippen molar-refractivity contribution in [1.82, 2.24) is 10.6 Å². The zero-order valence-electron chi connectivity index (χ0n) is 52.4. The highest BCUT2D eigenvalue weighted by molar-refractivity contribution is 5.77. The van der Waals surface area contributed by atoms with Crippen LogP contribution in [0.3, 0.4) is 0 Å². The van der Waals surface area contributed by atoms with E-state index in [1.54, 1.807) is 0 Å². The van der Waals surface area contributed by atoms with Crippen molar-refractivity contribution in [3.63, 3.8) is 0 Å². The van der Waals surface area contributed by atoms with Gasteiger partial charge in [-0.25, -0.2) is 4.79 Å². The summed E-state index contributed by atoms with van der Waals surface area (Å²) < 4.78 is 34.8. The Morgan fingerprint density at radius 3 is 1.45 bits per heavy atom. The molecule has 14 N–H and O–H groups in total. The molecule has 0 aromatic carbocycles. The molecule has 3 aliphatic heterocycles. The number of hydrogen-bond acceptors (Lipinski definition) is 20. The number of hydrogen-bond donors (Lipinski definition) is 14. The standard InChI is InChI=1S/C63H118N2O21/c1-4-6-8-10-12-14-16-17-18-19-20-21-22-23-24-25-26-27-28-30-32-34-36-45(70)44(65-50(73)37-35-33-31-29-15-13-11-9-7-5-2)42-81-60-55(77)54(76)57(49(41-68)83-60)84-61-56(78)59(53(75)48(40-67)82-61)86-63(62(79)80)38-46(71)51(64-43(3)69)58(85-63)52(74)47(72)39-66/h44-49,51-61,66-68,70-72,74-78H,4-42H2,1-3H3,(H,64,69)(H,65,73)(H,79,80). The molecule has 0 aliphatic carbocycles. The van der Waals surface area contributed by atoms with Gasteiger partial charge < -0.3 is 100 Å². The van der Waals surface area contributed by atoms with Gasteiger partial charge in [0.25, 0.3) is 5.79 Å². The molecule has 2 amide bonds. The van der Waals surface area contributed by atoms with Crippen LogP contribution in [0.1, 0.15) is 245 Å². The van der Waals surface area contributed by atoms with Crippen LogP contribution in [0.15, 0.2) is 0 Å². The minimum atomic E-state index is -3.08. The van der Waals surface area contributed by atoms with Crippen LogP contribution in [-0.2, 0) is 42.8 Å². The molecule has 506 valence electrons. The summed E-state index contributed by atoms with van der Waals surface area (Å²) in [6.45, 7) is 2.18. The van der Waals surface area contributed by atoms with Crippen LogP contribution < -0.4 is 10.6 Å². The van der Waals surface area contributed by atoms with Crippen LogP contribution in [0.4, 0.5) is 0 Å². The maximum Gasteiger partial charge on any atom is 0.364 e. The fraction of sp³-hybridized carbons (Fsp3) is 0.952. The van der Waals surface area contributed by atoms with Gasteiger partial charge in [-0.15, -0.1) is 0 Å². The molecule has 86 heavy (non-hydrogen) atoms. The number of carboxylic acid groups (broad SMARTS) is 1. The lowest BCUT2D eigenvalue weighted by Gasteiger charge is -2.50. The van der Waals surface area contributed by atoms with Gasteiger partial charge in [-0.2, -0.15) is 0 Å². The van der Waals surface area contributed by atoms with Gasteiger partial charge in [-0.3, -0.25) is 9.59 Å². The average molecular weight is 1240 g/mol. The van der Waals surface area contributed by atoms with Crippen molar-refractivity contribution in [1.29, 1.82) is 0 Å². The van der Waals surface area contributed by atoms with Crippen LogP contribution in [0.5, 0.6) is 0 Å². The Morgan fingerprint density at radius 1 is 0.558 bits per heavy atom. The van der Waals surface area contributed by atoms with Crippen LogP contribution in [0, 0.1) is 0 Å². The van der Waals surface area contributed by atoms with E-state index >= 15 is 0 Å². The summed E-state index contributed by atoms with van der Waals surface area (Å²) in [5, 5.41) is 136. The molecule has 18 unspecified atom stereocenters. The summed E-state index contributed by atoms with van der Waals surface area (Å²) in [4.78, 5) is 38.4. The molecular formula is C63H118N2O21. The summed E-state index contributed by atoms with van der Waals surface area (Å²) in [7, 11) is 0. The topological polar surface area (TPSA) is 373 Å². The fourth-order valence-electron chi connectivity index (χ4n) is 11.9. The number of aliphatic carboxylic acids is 1. The second-order valence-corrected chi connectivity index (χ2v) is 24.7. The molecular weight excluding hydrogens is 1120 g/mol. The number of carbonyl (C=O) groups excluding carboxylic acids is 2. The maximum atomic E-state index is 13.4. The minimum absolute atomic E-state index is 0.227. The number of aliphatic hydroxyl groups excluding tert-OH is 11. The largest absolute Gasteiger partial charge is 0.477 e. The predicted molar refractivity (Wildman–Crippen MR) is 320 cm³/mol. The SMILES string of the molecule is CCCCCCCCCCCCCCCCCCCCCCCCC(O)C(COC1OC(CO)C(OC2OC(CO)C(O)C(OC3(C(=O)O)CC(O)C(NC(C)=O)C(C(O)C(O)CO)O3)C2O)C(O)C1O)NC(=O)CCCCCCCCCCCC. The van der Waals surface area contributed by atoms with Crippen molar-refractivity contribution in [3.8, 4) is 0 Å². The zero-order valence-corrected chi connectivity index (χ0v) is 52.4. The van der Waals surface area contributed by atoms with Crippen molar-refractivity contribution in [2.45, 2.75) is 355 Å². The Morgan fingerprint density at radius 2 is 1.01 bits per heavy atom. The third-order valence-electron chi connectivity index (χ3n) is 17.3. The Hall–Kier alpha value is -2.27. The van der Waals surface area contributed by atoms with E-state index in [0.29, 0.717) is 19.3 Å². The predicted octanol–water partition coefficient (Wildman–Crippen LogP) is 4.95. The third kappa shape index (κ3) is 28.1. The molecule has 0 aromatic rings. The molecule has 3 fully saturated rings. The molecule has 0 spiro atoms. The number of nitrogens with one attached hydrogen (secondary N) is 2. The van der Waals surface area contributed by atoms with Crippen LogP contribution in [0.25, 0.3) is 0 Å². The molecule has 0 bridgehead atoms. The van der Waals surface area contributed by atoms with Gasteiger partial charge in [0.2, 0.25) is 11.8 Å². The van der Waals surface area contributed by atoms with E-state index in [9.17, 15) is 75.7 Å². The number of rotatable bonds is 50. The quantitative estimate of drug-likeness (QED) is 0.0358. The van der Waals surface area contributed by atoms with Crippen molar-refractivity contribution in [2.24, 2.45) is 0 Å². The van der Waals surface area contributed by atoms with E-state index < -0.39 is 148 Å². The summed E-state index contributed by atoms with van der Waals surface area (Å²) in [6, 6.07) is -2.52. The number of unbranched alkanes of at least 4 members (excludes halogenated alkanes) is 30. The first-order valence-corrected chi connectivity index (χ1v) is 33.4. The van der Waals surface area contributed by atoms with Gasteiger partial charge in [0.15, 0.2) is 12.6 Å². The van der Waals surface area contributed by atoms with Crippen LogP contribution >= 0.6 is 0 Å². The van der Waals surface area contributed by atoms with E-state index in [4.69, 9.17) is 28.4 Å². The molecule has 3 rings (SSSR count). The lowest BCUT2D eigenvalue weighted by atomic mass is 9.88. The summed E-state index contributed by atoms with van der Waals surface area (Å²) >= 11 is 0. The highest BCUT2D eigenvalue weighted by Crippen LogP contribution is 2.39. The maximum absolute atomic E-state index is 13.4. The number of carboxylic acids is 1. The lowest BCUT2D eigenvalue weighted by Crippen LogP contribution is -2.70. The Bertz CT molecular complexity index is 1760. The molecule has 23 nitrogen and oxygen atoms in total. The highest BCUT2D eigenvalue weighted by Gasteiger charge is 2.60. The van der Waals surface area contributed by atoms with E-state index in [0.717, 1.165) is 58.3 Å². The van der Waals surface area contributed by atoms with Gasteiger partial charge in [0.1, 0.15) is 67.1 Å². The van der Waals surface area contributed by atoms with E-state index in [1.165, 1.54) is 141 Å². The number of amides is 2. The van der Waals surface area contributed by atoms with Crippen molar-refractivity contribution < 1.29 is 104 Å². The third-order valence-corrected chi connectivity index (χ3v) is 17.3. The van der Waals surface area contributed by atoms with Gasteiger partial charge >= 0.3 is 5.97 Å². The molecule has 18 atom stereocenters. The van der Waals surface area contributed by atoms with Crippen molar-refractivity contribution >= 4 is 17.8 Å². The molecule has 3 saturated heterocycles. The van der Waals surface area contributed by atoms with Gasteiger partial charge in [-0.05, 0) is 12.8 Å². The van der Waals surface area contributed by atoms with E-state index in [2.05, 4.69) is 24.5 Å². The molecule has 3 aliphatic rings. The first kappa shape index (κ1) is 78.0. The Balaban J connectivity index is 1.58. The molecule has 0 radical (unpaired) electrons. The number of aliphatic hydroxyl groups is 11. The second kappa shape index (κ2) is 45.1. The van der Waals surface area contributed by atoms with Gasteiger partial charge in [0, 0.05) is 19.8 Å². The van der Waals surface area contributed by atoms with Gasteiger partial charge in [0.05, 0.1) is 50.7 Å². The van der Waals surface area contributed by atoms with Crippen LogP contribution in [0.2, 0.25) is 0 Å². The minimum Gasteiger partial charge on any atom is -0.477 e.